The third kappa shape index (κ3) is 5.91. The van der Waals surface area contributed by atoms with Crippen LogP contribution in [0.25, 0.3) is 0 Å². The first-order valence-electron chi connectivity index (χ1n) is 8.30. The number of Topliss-reactive ketones (excluding diaryl/α,β-unsaturated/α-hetero) is 1. The van der Waals surface area contributed by atoms with Gasteiger partial charge in [-0.05, 0) is 43.0 Å². The molecule has 1 saturated heterocycles. The summed E-state index contributed by atoms with van der Waals surface area (Å²) in [4.78, 5) is 26.2. The Labute approximate surface area is 153 Å². The van der Waals surface area contributed by atoms with Crippen LogP contribution in [0.1, 0.15) is 43.5 Å². The SMILES string of the molecule is CC(C)CC(=O)Nc1ccc(C(=O)CSC(=S)N2CCCC2)cc1. The zero-order valence-corrected chi connectivity index (χ0v) is 15.8. The van der Waals surface area contributed by atoms with Crippen molar-refractivity contribution in [3.8, 4) is 0 Å². The van der Waals surface area contributed by atoms with E-state index in [0.29, 0.717) is 23.7 Å². The zero-order chi connectivity index (χ0) is 17.5. The van der Waals surface area contributed by atoms with Crippen molar-refractivity contribution in [2.24, 2.45) is 5.92 Å². The Bertz CT molecular complexity index is 594. The van der Waals surface area contributed by atoms with Crippen molar-refractivity contribution in [3.63, 3.8) is 0 Å². The summed E-state index contributed by atoms with van der Waals surface area (Å²) < 4.78 is 0.818. The second kappa shape index (κ2) is 9.18. The lowest BCUT2D eigenvalue weighted by molar-refractivity contribution is -0.116. The fraction of sp³-hybridized carbons (Fsp3) is 0.500. The minimum absolute atomic E-state index is 0.00408. The summed E-state index contributed by atoms with van der Waals surface area (Å²) in [5.74, 6) is 0.730. The number of ketones is 1. The van der Waals surface area contributed by atoms with E-state index >= 15 is 0 Å². The number of hydrogen-bond donors (Lipinski definition) is 1. The number of thioether (sulfide) groups is 1. The number of rotatable bonds is 6. The van der Waals surface area contributed by atoms with Crippen molar-refractivity contribution < 1.29 is 9.59 Å². The molecule has 1 aromatic rings. The topological polar surface area (TPSA) is 49.4 Å². The van der Waals surface area contributed by atoms with Gasteiger partial charge in [0, 0.05) is 30.8 Å². The first-order chi connectivity index (χ1) is 11.5. The average Bonchev–Trinajstić information content (AvgIpc) is 3.06. The van der Waals surface area contributed by atoms with Gasteiger partial charge in [0.1, 0.15) is 4.32 Å². The maximum atomic E-state index is 12.3. The number of anilines is 1. The summed E-state index contributed by atoms with van der Waals surface area (Å²) in [5, 5.41) is 2.84. The first kappa shape index (κ1) is 18.9. The predicted molar refractivity (Wildman–Crippen MR) is 105 cm³/mol. The Morgan fingerprint density at radius 2 is 1.83 bits per heavy atom. The molecule has 0 spiro atoms. The Kier molecular flexibility index (Phi) is 7.24. The van der Waals surface area contributed by atoms with Crippen molar-refractivity contribution in [1.29, 1.82) is 0 Å². The molecule has 0 atom stereocenters. The van der Waals surface area contributed by atoms with E-state index in [2.05, 4.69) is 10.2 Å². The monoisotopic (exact) mass is 364 g/mol. The molecule has 1 amide bonds. The summed E-state index contributed by atoms with van der Waals surface area (Å²) in [6.45, 7) is 6.02. The van der Waals surface area contributed by atoms with Gasteiger partial charge in [0.15, 0.2) is 5.78 Å². The van der Waals surface area contributed by atoms with Gasteiger partial charge in [0.25, 0.3) is 0 Å². The molecule has 0 radical (unpaired) electrons. The lowest BCUT2D eigenvalue weighted by Crippen LogP contribution is -2.24. The van der Waals surface area contributed by atoms with Crippen LogP contribution in [0.15, 0.2) is 24.3 Å². The van der Waals surface area contributed by atoms with E-state index < -0.39 is 0 Å². The highest BCUT2D eigenvalue weighted by atomic mass is 32.2. The van der Waals surface area contributed by atoms with Gasteiger partial charge in [0.2, 0.25) is 5.91 Å². The van der Waals surface area contributed by atoms with Gasteiger partial charge < -0.3 is 10.2 Å². The Balaban J connectivity index is 1.82. The Morgan fingerprint density at radius 1 is 1.21 bits per heavy atom. The van der Waals surface area contributed by atoms with Gasteiger partial charge in [-0.1, -0.05) is 37.8 Å². The molecule has 24 heavy (non-hydrogen) atoms. The van der Waals surface area contributed by atoms with Gasteiger partial charge in [-0.25, -0.2) is 0 Å². The number of hydrogen-bond acceptors (Lipinski definition) is 4. The van der Waals surface area contributed by atoms with Crippen LogP contribution in [0.3, 0.4) is 0 Å². The van der Waals surface area contributed by atoms with Gasteiger partial charge in [-0.3, -0.25) is 9.59 Å². The molecule has 130 valence electrons. The second-order valence-electron chi connectivity index (χ2n) is 6.40. The van der Waals surface area contributed by atoms with Crippen molar-refractivity contribution >= 4 is 45.7 Å². The molecular formula is C18H24N2O2S2. The highest BCUT2D eigenvalue weighted by molar-refractivity contribution is 8.23. The number of carbonyl (C=O) groups is 2. The fourth-order valence-electron chi connectivity index (χ4n) is 2.52. The molecule has 2 rings (SSSR count). The molecule has 1 aliphatic heterocycles. The van der Waals surface area contributed by atoms with Gasteiger partial charge >= 0.3 is 0 Å². The number of carbonyl (C=O) groups excluding carboxylic acids is 2. The van der Waals surface area contributed by atoms with Crippen LogP contribution >= 0.6 is 24.0 Å². The fourth-order valence-corrected chi connectivity index (χ4v) is 3.67. The molecule has 0 bridgehead atoms. The van der Waals surface area contributed by atoms with Crippen LogP contribution in [0.4, 0.5) is 5.69 Å². The molecule has 4 nitrogen and oxygen atoms in total. The van der Waals surface area contributed by atoms with Gasteiger partial charge in [-0.2, -0.15) is 0 Å². The van der Waals surface area contributed by atoms with E-state index in [9.17, 15) is 9.59 Å². The van der Waals surface area contributed by atoms with Crippen LogP contribution in [0, 0.1) is 5.92 Å². The van der Waals surface area contributed by atoms with E-state index in [0.717, 1.165) is 23.1 Å². The summed E-state index contributed by atoms with van der Waals surface area (Å²) in [7, 11) is 0. The normalized spacial score (nSPS) is 14.0. The highest BCUT2D eigenvalue weighted by Gasteiger charge is 2.16. The maximum absolute atomic E-state index is 12.3. The standard InChI is InChI=1S/C18H24N2O2S2/c1-13(2)11-17(22)19-15-7-5-14(6-8-15)16(21)12-24-18(23)20-9-3-4-10-20/h5-8,13H,3-4,9-12H2,1-2H3,(H,19,22). The van der Waals surface area contributed by atoms with Crippen molar-refractivity contribution in [1.82, 2.24) is 4.90 Å². The molecule has 0 aliphatic carbocycles. The Hall–Kier alpha value is -1.40. The van der Waals surface area contributed by atoms with E-state index in [1.807, 2.05) is 13.8 Å². The van der Waals surface area contributed by atoms with Crippen LogP contribution in [0.5, 0.6) is 0 Å². The number of thiocarbonyl (C=S) groups is 1. The quantitative estimate of drug-likeness (QED) is 0.611. The minimum Gasteiger partial charge on any atom is -0.358 e. The van der Waals surface area contributed by atoms with Crippen molar-refractivity contribution in [3.05, 3.63) is 29.8 Å². The van der Waals surface area contributed by atoms with E-state index in [1.165, 1.54) is 24.6 Å². The van der Waals surface area contributed by atoms with Gasteiger partial charge in [0.05, 0.1) is 5.75 Å². The average molecular weight is 365 g/mol. The molecule has 1 N–H and O–H groups in total. The predicted octanol–water partition coefficient (Wildman–Crippen LogP) is 3.97. The molecule has 1 fully saturated rings. The highest BCUT2D eigenvalue weighted by Crippen LogP contribution is 2.18. The summed E-state index contributed by atoms with van der Waals surface area (Å²) in [6.07, 6.45) is 2.85. The largest absolute Gasteiger partial charge is 0.358 e. The van der Waals surface area contributed by atoms with E-state index in [-0.39, 0.29) is 11.7 Å². The Morgan fingerprint density at radius 3 is 2.42 bits per heavy atom. The minimum atomic E-state index is -0.00408. The smallest absolute Gasteiger partial charge is 0.224 e. The van der Waals surface area contributed by atoms with Crippen LogP contribution in [0.2, 0.25) is 0 Å². The molecule has 0 saturated carbocycles. The molecule has 1 aliphatic rings. The molecule has 1 heterocycles. The second-order valence-corrected chi connectivity index (χ2v) is 8.00. The number of nitrogens with one attached hydrogen (secondary N) is 1. The third-order valence-corrected chi connectivity index (χ3v) is 5.30. The van der Waals surface area contributed by atoms with Crippen molar-refractivity contribution in [2.75, 3.05) is 24.2 Å². The van der Waals surface area contributed by atoms with Crippen LogP contribution < -0.4 is 5.32 Å². The van der Waals surface area contributed by atoms with E-state index in [4.69, 9.17) is 12.2 Å². The molecule has 0 aromatic heterocycles. The summed E-state index contributed by atoms with van der Waals surface area (Å²) in [6, 6.07) is 7.06. The lowest BCUT2D eigenvalue weighted by Gasteiger charge is -2.17. The third-order valence-electron chi connectivity index (χ3n) is 3.78. The van der Waals surface area contributed by atoms with Gasteiger partial charge in [-0.15, -0.1) is 0 Å². The number of nitrogens with zero attached hydrogens (tertiary/aromatic N) is 1. The zero-order valence-electron chi connectivity index (χ0n) is 14.2. The van der Waals surface area contributed by atoms with Crippen LogP contribution in [-0.2, 0) is 4.79 Å². The van der Waals surface area contributed by atoms with Crippen molar-refractivity contribution in [2.45, 2.75) is 33.1 Å². The number of likely N-dealkylation sites (tertiary alicyclic amines) is 1. The number of amides is 1. The first-order valence-corrected chi connectivity index (χ1v) is 9.70. The molecular weight excluding hydrogens is 340 g/mol. The summed E-state index contributed by atoms with van der Waals surface area (Å²) >= 11 is 6.81. The molecule has 0 unspecified atom stereocenters. The summed E-state index contributed by atoms with van der Waals surface area (Å²) in [5.41, 5.74) is 1.37. The van der Waals surface area contributed by atoms with Crippen LogP contribution in [-0.4, -0.2) is 39.8 Å². The lowest BCUT2D eigenvalue weighted by atomic mass is 10.1. The molecule has 6 heteroatoms. The van der Waals surface area contributed by atoms with E-state index in [1.54, 1.807) is 24.3 Å². The molecule has 1 aromatic carbocycles. The number of benzene rings is 1. The maximum Gasteiger partial charge on any atom is 0.224 e.